The predicted molar refractivity (Wildman–Crippen MR) is 74.4 cm³/mol. The third-order valence-corrected chi connectivity index (χ3v) is 4.58. The number of hydrogen-bond donors (Lipinski definition) is 2. The first-order valence-corrected chi connectivity index (χ1v) is 7.52. The molecule has 2 aliphatic rings. The summed E-state index contributed by atoms with van der Waals surface area (Å²) in [5.41, 5.74) is 0.293. The molecule has 1 saturated heterocycles. The van der Waals surface area contributed by atoms with Gasteiger partial charge in [-0.2, -0.15) is 0 Å². The van der Waals surface area contributed by atoms with Gasteiger partial charge in [0.15, 0.2) is 0 Å². The van der Waals surface area contributed by atoms with Crippen molar-refractivity contribution in [2.24, 2.45) is 11.3 Å². The van der Waals surface area contributed by atoms with Gasteiger partial charge in [-0.25, -0.2) is 0 Å². The summed E-state index contributed by atoms with van der Waals surface area (Å²) in [5, 5.41) is 6.60. The summed E-state index contributed by atoms with van der Waals surface area (Å²) in [6, 6.07) is 0.446. The van der Waals surface area contributed by atoms with Gasteiger partial charge in [-0.05, 0) is 43.6 Å². The van der Waals surface area contributed by atoms with E-state index in [9.17, 15) is 4.79 Å². The molecular weight excluding hydrogens is 224 g/mol. The van der Waals surface area contributed by atoms with Gasteiger partial charge in [0, 0.05) is 6.04 Å². The smallest absolute Gasteiger partial charge is 0.237 e. The molecule has 2 rings (SSSR count). The summed E-state index contributed by atoms with van der Waals surface area (Å²) in [4.78, 5) is 12.2. The van der Waals surface area contributed by atoms with E-state index >= 15 is 0 Å². The highest BCUT2D eigenvalue weighted by atomic mass is 16.2. The van der Waals surface area contributed by atoms with E-state index in [-0.39, 0.29) is 11.9 Å². The van der Waals surface area contributed by atoms with Gasteiger partial charge >= 0.3 is 0 Å². The highest BCUT2D eigenvalue weighted by Crippen LogP contribution is 2.38. The lowest BCUT2D eigenvalue weighted by Gasteiger charge is -2.41. The number of rotatable bonds is 2. The molecule has 104 valence electrons. The van der Waals surface area contributed by atoms with Crippen LogP contribution in [0.5, 0.6) is 0 Å². The fourth-order valence-electron chi connectivity index (χ4n) is 3.53. The van der Waals surface area contributed by atoms with E-state index in [0.717, 1.165) is 25.8 Å². The largest absolute Gasteiger partial charge is 0.352 e. The van der Waals surface area contributed by atoms with E-state index in [1.807, 2.05) is 0 Å². The molecule has 0 aromatic rings. The maximum atomic E-state index is 12.2. The Hall–Kier alpha value is -0.570. The van der Waals surface area contributed by atoms with Crippen molar-refractivity contribution in [2.75, 3.05) is 6.54 Å². The van der Waals surface area contributed by atoms with Crippen molar-refractivity contribution in [3.8, 4) is 0 Å². The number of carbonyl (C=O) groups is 1. The Balaban J connectivity index is 1.94. The zero-order chi connectivity index (χ0) is 13.2. The Kier molecular flexibility index (Phi) is 4.31. The third kappa shape index (κ3) is 3.25. The van der Waals surface area contributed by atoms with Crippen molar-refractivity contribution in [3.63, 3.8) is 0 Å². The van der Waals surface area contributed by atoms with Gasteiger partial charge in [-0.3, -0.25) is 4.79 Å². The lowest BCUT2D eigenvalue weighted by atomic mass is 9.69. The molecule has 3 heteroatoms. The van der Waals surface area contributed by atoms with Gasteiger partial charge in [0.25, 0.3) is 0 Å². The van der Waals surface area contributed by atoms with Crippen molar-refractivity contribution < 1.29 is 4.79 Å². The number of nitrogens with one attached hydrogen (secondary N) is 2. The molecule has 1 aliphatic carbocycles. The van der Waals surface area contributed by atoms with Crippen molar-refractivity contribution in [2.45, 2.75) is 71.4 Å². The fraction of sp³-hybridized carbons (Fsp3) is 0.933. The standard InChI is InChI=1S/C15H28N2O/c1-15(2,3)11-7-4-5-8-12(11)17-14(18)13-9-6-10-16-13/h11-13,16H,4-10H2,1-3H3,(H,17,18)/t11?,12?,13-/m0/s1. The molecule has 0 spiro atoms. The molecule has 2 fully saturated rings. The van der Waals surface area contributed by atoms with Crippen LogP contribution in [0.1, 0.15) is 59.3 Å². The Morgan fingerprint density at radius 2 is 1.83 bits per heavy atom. The molecule has 18 heavy (non-hydrogen) atoms. The average Bonchev–Trinajstić information content (AvgIpc) is 2.81. The first-order valence-electron chi connectivity index (χ1n) is 7.52. The van der Waals surface area contributed by atoms with Gasteiger partial charge in [0.1, 0.15) is 0 Å². The molecule has 1 aliphatic heterocycles. The van der Waals surface area contributed by atoms with E-state index in [2.05, 4.69) is 31.4 Å². The minimum Gasteiger partial charge on any atom is -0.352 e. The second-order valence-electron chi connectivity index (χ2n) is 7.02. The zero-order valence-electron chi connectivity index (χ0n) is 12.1. The Bertz CT molecular complexity index is 289. The molecule has 0 bridgehead atoms. The normalized spacial score (nSPS) is 33.4. The Labute approximate surface area is 111 Å². The van der Waals surface area contributed by atoms with E-state index < -0.39 is 0 Å². The van der Waals surface area contributed by atoms with Crippen molar-refractivity contribution in [3.05, 3.63) is 0 Å². The number of carbonyl (C=O) groups excluding carboxylic acids is 1. The van der Waals surface area contributed by atoms with Crippen LogP contribution in [-0.2, 0) is 4.79 Å². The Morgan fingerprint density at radius 3 is 2.44 bits per heavy atom. The first kappa shape index (κ1) is 13.9. The van der Waals surface area contributed by atoms with Crippen molar-refractivity contribution in [1.29, 1.82) is 0 Å². The molecular formula is C15H28N2O. The van der Waals surface area contributed by atoms with Crippen LogP contribution in [0.2, 0.25) is 0 Å². The summed E-state index contributed by atoms with van der Waals surface area (Å²) in [6.07, 6.45) is 7.11. The predicted octanol–water partition coefficient (Wildman–Crippen LogP) is 2.46. The quantitative estimate of drug-likeness (QED) is 0.792. The van der Waals surface area contributed by atoms with Crippen LogP contribution >= 0.6 is 0 Å². The summed E-state index contributed by atoms with van der Waals surface area (Å²) < 4.78 is 0. The van der Waals surface area contributed by atoms with Gasteiger partial charge in [-0.15, -0.1) is 0 Å². The topological polar surface area (TPSA) is 41.1 Å². The van der Waals surface area contributed by atoms with Crippen LogP contribution in [0.25, 0.3) is 0 Å². The molecule has 0 radical (unpaired) electrons. The molecule has 1 heterocycles. The minimum atomic E-state index is 0.0625. The summed E-state index contributed by atoms with van der Waals surface area (Å²) >= 11 is 0. The second kappa shape index (κ2) is 5.60. The van der Waals surface area contributed by atoms with Gasteiger partial charge in [-0.1, -0.05) is 33.6 Å². The molecule has 0 aromatic carbocycles. The number of amides is 1. The lowest BCUT2D eigenvalue weighted by Crippen LogP contribution is -2.51. The van der Waals surface area contributed by atoms with Crippen molar-refractivity contribution >= 4 is 5.91 Å². The summed E-state index contributed by atoms with van der Waals surface area (Å²) in [6.45, 7) is 7.90. The van der Waals surface area contributed by atoms with Crippen LogP contribution in [0.4, 0.5) is 0 Å². The first-order chi connectivity index (χ1) is 8.48. The molecule has 0 aromatic heterocycles. The van der Waals surface area contributed by atoms with Gasteiger partial charge in [0.05, 0.1) is 6.04 Å². The number of hydrogen-bond acceptors (Lipinski definition) is 2. The summed E-state index contributed by atoms with van der Waals surface area (Å²) in [7, 11) is 0. The van der Waals surface area contributed by atoms with Crippen LogP contribution in [0, 0.1) is 11.3 Å². The zero-order valence-corrected chi connectivity index (χ0v) is 12.1. The minimum absolute atomic E-state index is 0.0625. The van der Waals surface area contributed by atoms with E-state index in [0.29, 0.717) is 17.4 Å². The molecule has 1 saturated carbocycles. The van der Waals surface area contributed by atoms with Crippen molar-refractivity contribution in [1.82, 2.24) is 10.6 Å². The molecule has 1 amide bonds. The molecule has 3 nitrogen and oxygen atoms in total. The molecule has 2 N–H and O–H groups in total. The third-order valence-electron chi connectivity index (χ3n) is 4.58. The lowest BCUT2D eigenvalue weighted by molar-refractivity contribution is -0.124. The van der Waals surface area contributed by atoms with Crippen LogP contribution in [-0.4, -0.2) is 24.5 Å². The highest BCUT2D eigenvalue weighted by molar-refractivity contribution is 5.82. The van der Waals surface area contributed by atoms with E-state index in [1.54, 1.807) is 0 Å². The summed E-state index contributed by atoms with van der Waals surface area (Å²) in [5.74, 6) is 0.852. The molecule has 3 atom stereocenters. The monoisotopic (exact) mass is 252 g/mol. The fourth-order valence-corrected chi connectivity index (χ4v) is 3.53. The average molecular weight is 252 g/mol. The highest BCUT2D eigenvalue weighted by Gasteiger charge is 2.36. The van der Waals surface area contributed by atoms with Gasteiger partial charge < -0.3 is 10.6 Å². The van der Waals surface area contributed by atoms with Crippen LogP contribution in [0.15, 0.2) is 0 Å². The van der Waals surface area contributed by atoms with Crippen LogP contribution in [0.3, 0.4) is 0 Å². The Morgan fingerprint density at radius 1 is 1.11 bits per heavy atom. The maximum absolute atomic E-state index is 12.2. The maximum Gasteiger partial charge on any atom is 0.237 e. The SMILES string of the molecule is CC(C)(C)C1CCCCC1NC(=O)[C@@H]1CCCN1. The van der Waals surface area contributed by atoms with Gasteiger partial charge in [0.2, 0.25) is 5.91 Å². The second-order valence-corrected chi connectivity index (χ2v) is 7.02. The molecule has 2 unspecified atom stereocenters. The van der Waals surface area contributed by atoms with E-state index in [4.69, 9.17) is 0 Å². The van der Waals surface area contributed by atoms with Crippen LogP contribution < -0.4 is 10.6 Å². The van der Waals surface area contributed by atoms with E-state index in [1.165, 1.54) is 19.3 Å².